The summed E-state index contributed by atoms with van der Waals surface area (Å²) >= 11 is 5.51. The maximum absolute atomic E-state index is 11.9. The van der Waals surface area contributed by atoms with E-state index in [9.17, 15) is 4.79 Å². The lowest BCUT2D eigenvalue weighted by atomic mass is 10.2. The highest BCUT2D eigenvalue weighted by Crippen LogP contribution is 2.11. The minimum absolute atomic E-state index is 0.0692. The van der Waals surface area contributed by atoms with Crippen molar-refractivity contribution in [3.63, 3.8) is 0 Å². The molecular formula is C19H30N4O3S. The van der Waals surface area contributed by atoms with E-state index in [4.69, 9.17) is 21.7 Å². The Morgan fingerprint density at radius 2 is 1.81 bits per heavy atom. The molecule has 1 aromatic rings. The number of thiocarbonyl (C=S) groups is 1. The molecule has 150 valence electrons. The van der Waals surface area contributed by atoms with E-state index in [0.717, 1.165) is 49.0 Å². The quantitative estimate of drug-likeness (QED) is 0.475. The van der Waals surface area contributed by atoms with E-state index in [-0.39, 0.29) is 5.91 Å². The maximum Gasteiger partial charge on any atom is 0.234 e. The fraction of sp³-hybridized carbons (Fsp3) is 0.579. The van der Waals surface area contributed by atoms with Gasteiger partial charge in [-0.1, -0.05) is 12.1 Å². The van der Waals surface area contributed by atoms with Gasteiger partial charge < -0.3 is 25.0 Å². The molecule has 2 N–H and O–H groups in total. The average Bonchev–Trinajstić information content (AvgIpc) is 2.70. The molecule has 1 heterocycles. The van der Waals surface area contributed by atoms with Crippen molar-refractivity contribution in [2.45, 2.75) is 13.0 Å². The number of hydrogen-bond donors (Lipinski definition) is 2. The van der Waals surface area contributed by atoms with Gasteiger partial charge in [-0.15, -0.1) is 0 Å². The van der Waals surface area contributed by atoms with Gasteiger partial charge in [-0.05, 0) is 36.3 Å². The molecule has 0 saturated carbocycles. The van der Waals surface area contributed by atoms with Gasteiger partial charge in [-0.2, -0.15) is 0 Å². The molecule has 8 heteroatoms. The smallest absolute Gasteiger partial charge is 0.234 e. The van der Waals surface area contributed by atoms with Crippen molar-refractivity contribution in [1.29, 1.82) is 0 Å². The summed E-state index contributed by atoms with van der Waals surface area (Å²) in [5.74, 6) is 0.917. The Hall–Kier alpha value is -1.90. The first-order chi connectivity index (χ1) is 13.1. The van der Waals surface area contributed by atoms with Crippen molar-refractivity contribution in [2.75, 3.05) is 60.1 Å². The Labute approximate surface area is 167 Å². The fourth-order valence-electron chi connectivity index (χ4n) is 2.85. The summed E-state index contributed by atoms with van der Waals surface area (Å²) < 4.78 is 10.1. The molecule has 0 radical (unpaired) electrons. The Balaban J connectivity index is 1.64. The molecule has 0 aromatic heterocycles. The molecule has 7 nitrogen and oxygen atoms in total. The van der Waals surface area contributed by atoms with E-state index in [1.165, 1.54) is 0 Å². The highest BCUT2D eigenvalue weighted by Gasteiger charge is 2.20. The number of nitrogens with one attached hydrogen (secondary N) is 2. The average molecular weight is 395 g/mol. The van der Waals surface area contributed by atoms with Gasteiger partial charge in [0.2, 0.25) is 5.91 Å². The Bertz CT molecular complexity index is 589. The van der Waals surface area contributed by atoms with Gasteiger partial charge in [0.05, 0.1) is 13.7 Å². The summed E-state index contributed by atoms with van der Waals surface area (Å²) in [5, 5.41) is 6.99. The number of piperazine rings is 1. The van der Waals surface area contributed by atoms with Crippen LogP contribution in [0.5, 0.6) is 5.75 Å². The molecule has 0 spiro atoms. The third-order valence-corrected chi connectivity index (χ3v) is 4.88. The third kappa shape index (κ3) is 7.70. The molecule has 1 aliphatic rings. The first kappa shape index (κ1) is 21.4. The minimum atomic E-state index is 0.0692. The summed E-state index contributed by atoms with van der Waals surface area (Å²) in [6.45, 7) is 5.76. The van der Waals surface area contributed by atoms with Gasteiger partial charge in [-0.3, -0.25) is 9.69 Å². The van der Waals surface area contributed by atoms with Crippen LogP contribution in [0.15, 0.2) is 24.3 Å². The van der Waals surface area contributed by atoms with Crippen molar-refractivity contribution in [3.8, 4) is 5.75 Å². The van der Waals surface area contributed by atoms with Crippen molar-refractivity contribution >= 4 is 23.2 Å². The zero-order valence-electron chi connectivity index (χ0n) is 16.2. The predicted molar refractivity (Wildman–Crippen MR) is 110 cm³/mol. The second kappa shape index (κ2) is 11.7. The number of amides is 1. The maximum atomic E-state index is 11.9. The minimum Gasteiger partial charge on any atom is -0.497 e. The van der Waals surface area contributed by atoms with Crippen molar-refractivity contribution in [1.82, 2.24) is 20.4 Å². The number of carbonyl (C=O) groups is 1. The zero-order valence-corrected chi connectivity index (χ0v) is 17.0. The lowest BCUT2D eigenvalue weighted by Gasteiger charge is -2.35. The number of carbonyl (C=O) groups excluding carboxylic acids is 1. The zero-order chi connectivity index (χ0) is 19.5. The van der Waals surface area contributed by atoms with Crippen molar-refractivity contribution in [2.24, 2.45) is 0 Å². The molecule has 1 saturated heterocycles. The van der Waals surface area contributed by atoms with Gasteiger partial charge in [-0.25, -0.2) is 0 Å². The van der Waals surface area contributed by atoms with Crippen LogP contribution >= 0.6 is 12.2 Å². The monoisotopic (exact) mass is 394 g/mol. The SMILES string of the molecule is COCCCNC(=O)CN1CCN(C(=S)NCc2ccc(OC)cc2)CC1. The summed E-state index contributed by atoms with van der Waals surface area (Å²) in [6, 6.07) is 7.94. The Morgan fingerprint density at radius 3 is 2.44 bits per heavy atom. The fourth-order valence-corrected chi connectivity index (χ4v) is 3.10. The molecule has 1 aliphatic heterocycles. The lowest BCUT2D eigenvalue weighted by Crippen LogP contribution is -2.53. The van der Waals surface area contributed by atoms with Crippen LogP contribution in [-0.4, -0.2) is 80.9 Å². The van der Waals surface area contributed by atoms with Crippen LogP contribution in [0.3, 0.4) is 0 Å². The normalized spacial score (nSPS) is 14.7. The van der Waals surface area contributed by atoms with Crippen LogP contribution in [-0.2, 0) is 16.1 Å². The molecule has 0 aliphatic carbocycles. The topological polar surface area (TPSA) is 66.1 Å². The predicted octanol–water partition coefficient (Wildman–Crippen LogP) is 0.840. The van der Waals surface area contributed by atoms with Crippen LogP contribution in [0.25, 0.3) is 0 Å². The molecule has 0 unspecified atom stereocenters. The van der Waals surface area contributed by atoms with E-state index in [1.54, 1.807) is 14.2 Å². The number of hydrogen-bond acceptors (Lipinski definition) is 5. The van der Waals surface area contributed by atoms with Crippen molar-refractivity contribution < 1.29 is 14.3 Å². The summed E-state index contributed by atoms with van der Waals surface area (Å²) in [6.07, 6.45) is 0.837. The standard InChI is InChI=1S/C19H30N4O3S/c1-25-13-3-8-20-18(24)15-22-9-11-23(12-10-22)19(27)21-14-16-4-6-17(26-2)7-5-16/h4-7H,3,8-15H2,1-2H3,(H,20,24)(H,21,27). The second-order valence-corrected chi connectivity index (χ2v) is 6.85. The molecular weight excluding hydrogens is 364 g/mol. The Kier molecular flexibility index (Phi) is 9.30. The van der Waals surface area contributed by atoms with Gasteiger partial charge in [0.25, 0.3) is 0 Å². The summed E-state index contributed by atoms with van der Waals surface area (Å²) in [5.41, 5.74) is 1.15. The molecule has 1 amide bonds. The van der Waals surface area contributed by atoms with Gasteiger partial charge in [0.1, 0.15) is 5.75 Å². The molecule has 27 heavy (non-hydrogen) atoms. The van der Waals surface area contributed by atoms with Crippen molar-refractivity contribution in [3.05, 3.63) is 29.8 Å². The molecule has 0 bridgehead atoms. The number of methoxy groups -OCH3 is 2. The van der Waals surface area contributed by atoms with Gasteiger partial charge in [0, 0.05) is 53.0 Å². The Morgan fingerprint density at radius 1 is 1.11 bits per heavy atom. The van der Waals surface area contributed by atoms with Crippen LogP contribution in [0.2, 0.25) is 0 Å². The van der Waals surface area contributed by atoms with E-state index in [1.807, 2.05) is 24.3 Å². The molecule has 0 atom stereocenters. The largest absolute Gasteiger partial charge is 0.497 e. The van der Waals surface area contributed by atoms with E-state index in [2.05, 4.69) is 20.4 Å². The highest BCUT2D eigenvalue weighted by molar-refractivity contribution is 7.80. The van der Waals surface area contributed by atoms with Gasteiger partial charge in [0.15, 0.2) is 5.11 Å². The van der Waals surface area contributed by atoms with Crippen LogP contribution in [0, 0.1) is 0 Å². The summed E-state index contributed by atoms with van der Waals surface area (Å²) in [4.78, 5) is 16.3. The van der Waals surface area contributed by atoms with Crippen LogP contribution in [0.4, 0.5) is 0 Å². The van der Waals surface area contributed by atoms with E-state index in [0.29, 0.717) is 26.2 Å². The van der Waals surface area contributed by atoms with E-state index >= 15 is 0 Å². The highest BCUT2D eigenvalue weighted by atomic mass is 32.1. The van der Waals surface area contributed by atoms with E-state index < -0.39 is 0 Å². The van der Waals surface area contributed by atoms with Crippen LogP contribution < -0.4 is 15.4 Å². The number of benzene rings is 1. The lowest BCUT2D eigenvalue weighted by molar-refractivity contribution is -0.122. The summed E-state index contributed by atoms with van der Waals surface area (Å²) in [7, 11) is 3.32. The van der Waals surface area contributed by atoms with Crippen LogP contribution in [0.1, 0.15) is 12.0 Å². The molecule has 2 rings (SSSR count). The first-order valence-corrected chi connectivity index (χ1v) is 9.67. The third-order valence-electron chi connectivity index (χ3n) is 4.48. The van der Waals surface area contributed by atoms with Gasteiger partial charge >= 0.3 is 0 Å². The number of nitrogens with zero attached hydrogens (tertiary/aromatic N) is 2. The second-order valence-electron chi connectivity index (χ2n) is 6.47. The number of rotatable bonds is 9. The molecule has 1 aromatic carbocycles. The molecule has 1 fully saturated rings. The number of ether oxygens (including phenoxy) is 2. The first-order valence-electron chi connectivity index (χ1n) is 9.26.